The number of carbonyl (C=O) groups excluding carboxylic acids is 1. The van der Waals surface area contributed by atoms with E-state index in [1.54, 1.807) is 19.1 Å². The van der Waals surface area contributed by atoms with Gasteiger partial charge in [-0.1, -0.05) is 18.2 Å². The lowest BCUT2D eigenvalue weighted by molar-refractivity contribution is -0.0800. The molecule has 1 fully saturated rings. The number of benzene rings is 1. The molecule has 0 bridgehead atoms. The summed E-state index contributed by atoms with van der Waals surface area (Å²) < 4.78 is 11.1. The number of allylic oxidation sites excluding steroid dienone is 2. The van der Waals surface area contributed by atoms with Crippen molar-refractivity contribution in [1.82, 2.24) is 15.3 Å². The van der Waals surface area contributed by atoms with Gasteiger partial charge in [0.1, 0.15) is 23.2 Å². The van der Waals surface area contributed by atoms with Crippen LogP contribution < -0.4 is 15.8 Å². The summed E-state index contributed by atoms with van der Waals surface area (Å²) >= 11 is 0. The molecule has 1 saturated heterocycles. The van der Waals surface area contributed by atoms with Gasteiger partial charge in [0.05, 0.1) is 18.9 Å². The fourth-order valence-corrected chi connectivity index (χ4v) is 3.17. The molecule has 0 saturated carbocycles. The van der Waals surface area contributed by atoms with Crippen molar-refractivity contribution in [3.63, 3.8) is 0 Å². The van der Waals surface area contributed by atoms with Gasteiger partial charge in [0.15, 0.2) is 0 Å². The number of ether oxygens (including phenoxy) is 2. The summed E-state index contributed by atoms with van der Waals surface area (Å²) in [6.45, 7) is 3.23. The maximum atomic E-state index is 12.7. The Morgan fingerprint density at radius 1 is 1.37 bits per heavy atom. The van der Waals surface area contributed by atoms with E-state index in [2.05, 4.69) is 15.3 Å². The van der Waals surface area contributed by atoms with Gasteiger partial charge in [-0.05, 0) is 31.2 Å². The molecule has 0 unspecified atom stereocenters. The number of rotatable bonds is 7. The number of fused-ring (bicyclic) bond motifs is 1. The number of nitrogens with two attached hydrogens (primary N) is 1. The second-order valence-corrected chi connectivity index (χ2v) is 7.13. The van der Waals surface area contributed by atoms with E-state index in [1.807, 2.05) is 30.3 Å². The predicted octanol–water partition coefficient (Wildman–Crippen LogP) is 2.61. The molecule has 4 rings (SSSR count). The van der Waals surface area contributed by atoms with Gasteiger partial charge in [0.25, 0.3) is 5.91 Å². The van der Waals surface area contributed by atoms with Crippen LogP contribution >= 0.6 is 0 Å². The fraction of sp³-hybridized carbons (Fsp3) is 0.227. The van der Waals surface area contributed by atoms with Crippen molar-refractivity contribution in [1.29, 1.82) is 5.41 Å². The first-order valence-electron chi connectivity index (χ1n) is 9.62. The average molecular weight is 405 g/mol. The van der Waals surface area contributed by atoms with Crippen molar-refractivity contribution >= 4 is 28.7 Å². The Hall–Kier alpha value is -3.65. The second kappa shape index (κ2) is 8.38. The van der Waals surface area contributed by atoms with Gasteiger partial charge >= 0.3 is 0 Å². The zero-order chi connectivity index (χ0) is 21.1. The lowest BCUT2D eigenvalue weighted by Gasteiger charge is -2.27. The Bertz CT molecular complexity index is 1130. The van der Waals surface area contributed by atoms with Crippen LogP contribution in [0.25, 0.3) is 16.6 Å². The minimum Gasteiger partial charge on any atom is -0.485 e. The molecule has 8 heteroatoms. The summed E-state index contributed by atoms with van der Waals surface area (Å²) in [4.78, 5) is 20.2. The molecular formula is C22H23N5O3. The largest absolute Gasteiger partial charge is 0.485 e. The first-order valence-corrected chi connectivity index (χ1v) is 9.62. The normalized spacial score (nSPS) is 14.7. The Kier molecular flexibility index (Phi) is 5.49. The molecule has 1 aliphatic rings. The maximum Gasteiger partial charge on any atom is 0.268 e. The van der Waals surface area contributed by atoms with Crippen LogP contribution in [0.3, 0.4) is 0 Å². The van der Waals surface area contributed by atoms with Gasteiger partial charge in [-0.25, -0.2) is 4.98 Å². The number of hydrogen-bond donors (Lipinski definition) is 4. The van der Waals surface area contributed by atoms with Crippen molar-refractivity contribution in [3.05, 3.63) is 65.1 Å². The molecule has 154 valence electrons. The average Bonchev–Trinajstić information content (AvgIpc) is 3.13. The Balaban J connectivity index is 1.49. The number of aromatic amines is 1. The molecule has 1 amide bonds. The van der Waals surface area contributed by atoms with E-state index >= 15 is 0 Å². The molecule has 0 radical (unpaired) electrons. The number of pyridine rings is 1. The molecule has 0 atom stereocenters. The van der Waals surface area contributed by atoms with Crippen molar-refractivity contribution in [2.24, 2.45) is 5.73 Å². The van der Waals surface area contributed by atoms with Crippen LogP contribution in [0.4, 0.5) is 0 Å². The SMILES string of the molecule is C/C(N)=C(/C=N)c1ccc2cc(C(=O)NCc3ccccc3OC3COC3)[nH]c2n1. The van der Waals surface area contributed by atoms with Crippen molar-refractivity contribution in [3.8, 4) is 5.75 Å². The smallest absolute Gasteiger partial charge is 0.268 e. The van der Waals surface area contributed by atoms with Crippen molar-refractivity contribution < 1.29 is 14.3 Å². The van der Waals surface area contributed by atoms with E-state index in [0.29, 0.717) is 48.1 Å². The minimum absolute atomic E-state index is 0.0629. The maximum absolute atomic E-state index is 12.7. The standard InChI is InChI=1S/C22H23N5O3/c1-13(24)17(9-23)18-7-6-14-8-19(27-21(14)26-18)22(28)25-10-15-4-2-3-5-20(15)30-16-11-29-12-16/h2-9,16,23H,10-12,24H2,1H3,(H,25,28)(H,26,27)/b17-13+,23-9?. The Morgan fingerprint density at radius 3 is 2.87 bits per heavy atom. The molecule has 3 heterocycles. The number of aromatic nitrogens is 2. The molecule has 0 aliphatic carbocycles. The van der Waals surface area contributed by atoms with Gasteiger partial charge in [0, 0.05) is 35.0 Å². The first-order chi connectivity index (χ1) is 14.5. The number of amides is 1. The van der Waals surface area contributed by atoms with Crippen molar-refractivity contribution in [2.45, 2.75) is 19.6 Å². The lowest BCUT2D eigenvalue weighted by Crippen LogP contribution is -2.38. The third-order valence-corrected chi connectivity index (χ3v) is 4.88. The highest BCUT2D eigenvalue weighted by molar-refractivity contribution is 6.09. The van der Waals surface area contributed by atoms with Crippen LogP contribution in [0.15, 0.2) is 48.2 Å². The lowest BCUT2D eigenvalue weighted by atomic mass is 10.1. The topological polar surface area (TPSA) is 126 Å². The summed E-state index contributed by atoms with van der Waals surface area (Å²) in [6.07, 6.45) is 1.24. The third kappa shape index (κ3) is 4.04. The highest BCUT2D eigenvalue weighted by atomic mass is 16.6. The Morgan fingerprint density at radius 2 is 2.17 bits per heavy atom. The zero-order valence-corrected chi connectivity index (χ0v) is 16.6. The summed E-state index contributed by atoms with van der Waals surface area (Å²) in [7, 11) is 0. The number of hydrogen-bond acceptors (Lipinski definition) is 6. The third-order valence-electron chi connectivity index (χ3n) is 4.88. The van der Waals surface area contributed by atoms with E-state index in [0.717, 1.165) is 16.7 Å². The minimum atomic E-state index is -0.242. The summed E-state index contributed by atoms with van der Waals surface area (Å²) in [5.74, 6) is 0.506. The molecule has 5 N–H and O–H groups in total. The van der Waals surface area contributed by atoms with Gasteiger partial charge in [0.2, 0.25) is 0 Å². The highest BCUT2D eigenvalue weighted by Gasteiger charge is 2.21. The van der Waals surface area contributed by atoms with E-state index in [1.165, 1.54) is 6.21 Å². The second-order valence-electron chi connectivity index (χ2n) is 7.13. The number of para-hydroxylation sites is 1. The first kappa shape index (κ1) is 19.7. The summed E-state index contributed by atoms with van der Waals surface area (Å²) in [5, 5.41) is 11.2. The van der Waals surface area contributed by atoms with Gasteiger partial charge in [-0.15, -0.1) is 0 Å². The van der Waals surface area contributed by atoms with Gasteiger partial charge < -0.3 is 30.9 Å². The van der Waals surface area contributed by atoms with Crippen molar-refractivity contribution in [2.75, 3.05) is 13.2 Å². The summed E-state index contributed by atoms with van der Waals surface area (Å²) in [6, 6.07) is 13.0. The van der Waals surface area contributed by atoms with Gasteiger partial charge in [-0.2, -0.15) is 0 Å². The number of nitrogens with zero attached hydrogens (tertiary/aromatic N) is 1. The molecule has 1 aromatic carbocycles. The van der Waals surface area contributed by atoms with Crippen LogP contribution in [-0.2, 0) is 11.3 Å². The van der Waals surface area contributed by atoms with E-state index in [4.69, 9.17) is 20.6 Å². The van der Waals surface area contributed by atoms with E-state index in [9.17, 15) is 4.79 Å². The highest BCUT2D eigenvalue weighted by Crippen LogP contribution is 2.22. The molecule has 8 nitrogen and oxygen atoms in total. The van der Waals surface area contributed by atoms with E-state index in [-0.39, 0.29) is 12.0 Å². The fourth-order valence-electron chi connectivity index (χ4n) is 3.17. The van der Waals surface area contributed by atoms with Crippen LogP contribution in [0.2, 0.25) is 0 Å². The van der Waals surface area contributed by atoms with Crippen LogP contribution in [-0.4, -0.2) is 41.4 Å². The molecule has 30 heavy (non-hydrogen) atoms. The number of H-pyrrole nitrogens is 1. The molecule has 0 spiro atoms. The number of nitrogens with one attached hydrogen (secondary N) is 3. The number of carbonyl (C=O) groups is 1. The predicted molar refractivity (Wildman–Crippen MR) is 115 cm³/mol. The van der Waals surface area contributed by atoms with Gasteiger partial charge in [-0.3, -0.25) is 4.79 Å². The van der Waals surface area contributed by atoms with Crippen LogP contribution in [0.1, 0.15) is 28.7 Å². The molecular weight excluding hydrogens is 382 g/mol. The summed E-state index contributed by atoms with van der Waals surface area (Å²) in [5.41, 5.74) is 9.33. The molecule has 3 aromatic rings. The monoisotopic (exact) mass is 405 g/mol. The van der Waals surface area contributed by atoms with E-state index < -0.39 is 0 Å². The van der Waals surface area contributed by atoms with Crippen LogP contribution in [0, 0.1) is 5.41 Å². The zero-order valence-electron chi connectivity index (χ0n) is 16.6. The quantitative estimate of drug-likeness (QED) is 0.450. The van der Waals surface area contributed by atoms with Crippen LogP contribution in [0.5, 0.6) is 5.75 Å². The molecule has 2 aromatic heterocycles. The Labute approximate surface area is 173 Å². The molecule has 1 aliphatic heterocycles.